The van der Waals surface area contributed by atoms with Crippen molar-refractivity contribution in [1.29, 1.82) is 0 Å². The van der Waals surface area contributed by atoms with Gasteiger partial charge in [-0.05, 0) is 0 Å². The fourth-order valence-corrected chi connectivity index (χ4v) is 4.12. The number of thiazole rings is 1. The molecule has 3 aromatic rings. The fourth-order valence-electron chi connectivity index (χ4n) is 3.29. The first-order valence-corrected chi connectivity index (χ1v) is 9.57. The monoisotopic (exact) mass is 367 g/mol. The quantitative estimate of drug-likeness (QED) is 0.768. The summed E-state index contributed by atoms with van der Waals surface area (Å²) in [5, 5.41) is 6.30. The highest BCUT2D eigenvalue weighted by molar-refractivity contribution is 7.13. The highest BCUT2D eigenvalue weighted by atomic mass is 32.1. The van der Waals surface area contributed by atoms with E-state index in [-0.39, 0.29) is 11.9 Å². The van der Waals surface area contributed by atoms with Crippen molar-refractivity contribution in [3.8, 4) is 10.6 Å². The van der Waals surface area contributed by atoms with E-state index in [2.05, 4.69) is 15.3 Å². The summed E-state index contributed by atoms with van der Waals surface area (Å²) in [4.78, 5) is 24.0. The Hall–Kier alpha value is -2.51. The zero-order chi connectivity index (χ0) is 17.9. The molecule has 26 heavy (non-hydrogen) atoms. The maximum absolute atomic E-state index is 13.0. The molecule has 4 rings (SSSR count). The van der Waals surface area contributed by atoms with Crippen molar-refractivity contribution in [3.63, 3.8) is 0 Å². The number of amides is 1. The number of aryl methyl sites for hydroxylation is 1. The molecule has 1 atom stereocenters. The molecule has 3 heterocycles. The number of hydrogen-bond donors (Lipinski definition) is 1. The molecule has 6 nitrogen and oxygen atoms in total. The van der Waals surface area contributed by atoms with Crippen LogP contribution in [0.2, 0.25) is 0 Å². The molecular formula is C19H21N5OS. The minimum absolute atomic E-state index is 0.0384. The Labute approximate surface area is 156 Å². The number of aromatic nitrogens is 3. The molecule has 0 spiro atoms. The Balaban J connectivity index is 1.50. The molecule has 1 aliphatic heterocycles. The third-order valence-corrected chi connectivity index (χ3v) is 5.57. The van der Waals surface area contributed by atoms with Crippen LogP contribution in [-0.4, -0.2) is 45.0 Å². The van der Waals surface area contributed by atoms with Gasteiger partial charge in [0.15, 0.2) is 0 Å². The second-order valence-electron chi connectivity index (χ2n) is 6.39. The van der Waals surface area contributed by atoms with E-state index in [9.17, 15) is 4.79 Å². The van der Waals surface area contributed by atoms with Gasteiger partial charge in [0.25, 0.3) is 0 Å². The van der Waals surface area contributed by atoms with Gasteiger partial charge in [-0.1, -0.05) is 30.3 Å². The average molecular weight is 367 g/mol. The second kappa shape index (κ2) is 7.39. The normalized spacial score (nSPS) is 17.4. The Kier molecular flexibility index (Phi) is 4.81. The number of rotatable bonds is 4. The molecule has 134 valence electrons. The lowest BCUT2D eigenvalue weighted by Gasteiger charge is -2.35. The van der Waals surface area contributed by atoms with Crippen molar-refractivity contribution in [2.45, 2.75) is 12.5 Å². The third-order valence-electron chi connectivity index (χ3n) is 4.63. The molecular weight excluding hydrogens is 346 g/mol. The average Bonchev–Trinajstić information content (AvgIpc) is 3.31. The Morgan fingerprint density at radius 3 is 2.96 bits per heavy atom. The summed E-state index contributed by atoms with van der Waals surface area (Å²) in [5.74, 6) is 1.01. The van der Waals surface area contributed by atoms with E-state index in [4.69, 9.17) is 0 Å². The molecule has 2 aromatic heterocycles. The molecule has 1 aromatic carbocycles. The number of imidazole rings is 1. The van der Waals surface area contributed by atoms with Gasteiger partial charge < -0.3 is 14.8 Å². The summed E-state index contributed by atoms with van der Waals surface area (Å²) in [7, 11) is 1.96. The molecule has 1 fully saturated rings. The lowest BCUT2D eigenvalue weighted by molar-refractivity contribution is -0.134. The molecule has 1 aliphatic rings. The van der Waals surface area contributed by atoms with Crippen molar-refractivity contribution >= 4 is 17.2 Å². The van der Waals surface area contributed by atoms with E-state index in [1.54, 1.807) is 17.5 Å². The van der Waals surface area contributed by atoms with Gasteiger partial charge in [-0.3, -0.25) is 4.79 Å². The van der Waals surface area contributed by atoms with E-state index < -0.39 is 0 Å². The number of carbonyl (C=O) groups is 1. The van der Waals surface area contributed by atoms with Crippen molar-refractivity contribution in [2.24, 2.45) is 7.05 Å². The van der Waals surface area contributed by atoms with Crippen LogP contribution >= 0.6 is 11.3 Å². The number of carbonyl (C=O) groups excluding carboxylic acids is 1. The van der Waals surface area contributed by atoms with Gasteiger partial charge in [-0.15, -0.1) is 11.3 Å². The third kappa shape index (κ3) is 3.40. The Morgan fingerprint density at radius 2 is 2.19 bits per heavy atom. The van der Waals surface area contributed by atoms with Crippen molar-refractivity contribution in [2.75, 3.05) is 19.6 Å². The first-order chi connectivity index (χ1) is 12.7. The van der Waals surface area contributed by atoms with Crippen LogP contribution in [-0.2, 0) is 18.3 Å². The summed E-state index contributed by atoms with van der Waals surface area (Å²) in [5.41, 5.74) is 1.92. The largest absolute Gasteiger partial charge is 0.336 e. The minimum atomic E-state index is -0.0384. The van der Waals surface area contributed by atoms with E-state index in [1.807, 2.05) is 58.4 Å². The lowest BCUT2D eigenvalue weighted by atomic mass is 10.1. The van der Waals surface area contributed by atoms with E-state index in [0.29, 0.717) is 13.0 Å². The molecule has 1 unspecified atom stereocenters. The maximum Gasteiger partial charge on any atom is 0.229 e. The number of nitrogens with zero attached hydrogens (tertiary/aromatic N) is 4. The van der Waals surface area contributed by atoms with Crippen LogP contribution in [0, 0.1) is 0 Å². The van der Waals surface area contributed by atoms with Gasteiger partial charge in [0.2, 0.25) is 5.91 Å². The van der Waals surface area contributed by atoms with Crippen molar-refractivity contribution in [3.05, 3.63) is 59.6 Å². The SMILES string of the molecule is Cn1ccnc1C1CNCCN1C(=O)Cc1csc(-c2ccccc2)n1. The summed E-state index contributed by atoms with van der Waals surface area (Å²) in [6, 6.07) is 10.0. The van der Waals surface area contributed by atoms with Gasteiger partial charge in [-0.2, -0.15) is 0 Å². The molecule has 1 N–H and O–H groups in total. The first-order valence-electron chi connectivity index (χ1n) is 8.69. The smallest absolute Gasteiger partial charge is 0.229 e. The Morgan fingerprint density at radius 1 is 1.35 bits per heavy atom. The molecule has 7 heteroatoms. The second-order valence-corrected chi connectivity index (χ2v) is 7.25. The molecule has 0 bridgehead atoms. The van der Waals surface area contributed by atoms with E-state index in [0.717, 1.165) is 35.2 Å². The van der Waals surface area contributed by atoms with Crippen LogP contribution in [0.15, 0.2) is 48.1 Å². The Bertz CT molecular complexity index is 888. The van der Waals surface area contributed by atoms with Crippen LogP contribution in [0.3, 0.4) is 0 Å². The zero-order valence-corrected chi connectivity index (χ0v) is 15.4. The lowest BCUT2D eigenvalue weighted by Crippen LogP contribution is -2.49. The molecule has 1 saturated heterocycles. The predicted octanol–water partition coefficient (Wildman–Crippen LogP) is 2.26. The van der Waals surface area contributed by atoms with Crippen LogP contribution in [0.25, 0.3) is 10.6 Å². The minimum Gasteiger partial charge on any atom is -0.336 e. The number of piperazine rings is 1. The fraction of sp³-hybridized carbons (Fsp3) is 0.316. The topological polar surface area (TPSA) is 63.1 Å². The van der Waals surface area contributed by atoms with Crippen molar-refractivity contribution in [1.82, 2.24) is 24.8 Å². The summed E-state index contributed by atoms with van der Waals surface area (Å²) in [6.45, 7) is 2.22. The highest BCUT2D eigenvalue weighted by Crippen LogP contribution is 2.25. The predicted molar refractivity (Wildman–Crippen MR) is 102 cm³/mol. The summed E-state index contributed by atoms with van der Waals surface area (Å²) >= 11 is 1.58. The van der Waals surface area contributed by atoms with Crippen LogP contribution in [0.5, 0.6) is 0 Å². The molecule has 0 aliphatic carbocycles. The molecule has 0 saturated carbocycles. The number of hydrogen-bond acceptors (Lipinski definition) is 5. The number of benzene rings is 1. The van der Waals surface area contributed by atoms with Gasteiger partial charge in [0.05, 0.1) is 12.1 Å². The summed E-state index contributed by atoms with van der Waals surface area (Å²) < 4.78 is 1.98. The van der Waals surface area contributed by atoms with E-state index >= 15 is 0 Å². The van der Waals surface area contributed by atoms with Gasteiger partial charge in [0.1, 0.15) is 16.9 Å². The van der Waals surface area contributed by atoms with Crippen molar-refractivity contribution < 1.29 is 4.79 Å². The number of nitrogens with one attached hydrogen (secondary N) is 1. The zero-order valence-electron chi connectivity index (χ0n) is 14.6. The summed E-state index contributed by atoms with van der Waals surface area (Å²) in [6.07, 6.45) is 4.02. The van der Waals surface area contributed by atoms with Crippen LogP contribution in [0.4, 0.5) is 0 Å². The highest BCUT2D eigenvalue weighted by Gasteiger charge is 2.30. The van der Waals surface area contributed by atoms with E-state index in [1.165, 1.54) is 0 Å². The maximum atomic E-state index is 13.0. The van der Waals surface area contributed by atoms with Gasteiger partial charge >= 0.3 is 0 Å². The first kappa shape index (κ1) is 16.9. The molecule has 1 amide bonds. The van der Waals surface area contributed by atoms with Crippen LogP contribution < -0.4 is 5.32 Å². The standard InChI is InChI=1S/C19H21N5OS/c1-23-9-8-21-18(23)16-12-20-7-10-24(16)17(25)11-15-13-26-19(22-15)14-5-3-2-4-6-14/h2-6,8-9,13,16,20H,7,10-12H2,1H3. The van der Waals surface area contributed by atoms with Crippen LogP contribution in [0.1, 0.15) is 17.6 Å². The van der Waals surface area contributed by atoms with Gasteiger partial charge in [0, 0.05) is 50.0 Å². The van der Waals surface area contributed by atoms with Gasteiger partial charge in [-0.25, -0.2) is 9.97 Å². The molecule has 0 radical (unpaired) electrons.